The van der Waals surface area contributed by atoms with Crippen molar-refractivity contribution in [2.75, 3.05) is 0 Å². The minimum atomic E-state index is -0.160. The summed E-state index contributed by atoms with van der Waals surface area (Å²) in [5.41, 5.74) is 1.81. The molecule has 0 unspecified atom stereocenters. The predicted molar refractivity (Wildman–Crippen MR) is 82.1 cm³/mol. The molecule has 1 aromatic heterocycles. The van der Waals surface area contributed by atoms with Crippen molar-refractivity contribution in [1.82, 2.24) is 4.98 Å². The van der Waals surface area contributed by atoms with Crippen molar-refractivity contribution in [3.63, 3.8) is 0 Å². The van der Waals surface area contributed by atoms with Gasteiger partial charge in [-0.15, -0.1) is 11.3 Å². The standard InChI is InChI=1S/C17H10N2OS/c18-11-14-19-15(16(20)12-7-3-1-4-8-12)17(21-14)13-9-5-2-6-10-13/h1-10H. The quantitative estimate of drug-likeness (QED) is 0.687. The molecule has 100 valence electrons. The Kier molecular flexibility index (Phi) is 3.59. The number of carbonyl (C=O) groups excluding carboxylic acids is 1. The number of hydrogen-bond donors (Lipinski definition) is 0. The molecule has 0 N–H and O–H groups in total. The number of aromatic nitrogens is 1. The van der Waals surface area contributed by atoms with Crippen LogP contribution in [0.1, 0.15) is 21.1 Å². The van der Waals surface area contributed by atoms with Gasteiger partial charge in [-0.05, 0) is 5.56 Å². The second kappa shape index (κ2) is 5.70. The van der Waals surface area contributed by atoms with E-state index in [4.69, 9.17) is 5.26 Å². The molecule has 4 heteroatoms. The molecule has 0 aliphatic rings. The first-order valence-corrected chi connectivity index (χ1v) is 7.17. The first kappa shape index (κ1) is 13.2. The van der Waals surface area contributed by atoms with Crippen LogP contribution in [0.4, 0.5) is 0 Å². The number of carbonyl (C=O) groups is 1. The van der Waals surface area contributed by atoms with Crippen LogP contribution in [-0.4, -0.2) is 10.8 Å². The molecule has 0 amide bonds. The third-order valence-electron chi connectivity index (χ3n) is 3.01. The lowest BCUT2D eigenvalue weighted by molar-refractivity contribution is 0.103. The molecule has 0 fully saturated rings. The highest BCUT2D eigenvalue weighted by molar-refractivity contribution is 7.16. The summed E-state index contributed by atoms with van der Waals surface area (Å²) in [5.74, 6) is -0.160. The summed E-state index contributed by atoms with van der Waals surface area (Å²) in [5, 5.41) is 9.36. The summed E-state index contributed by atoms with van der Waals surface area (Å²) in [6, 6.07) is 20.5. The molecule has 1 heterocycles. The number of thiazole rings is 1. The second-order valence-electron chi connectivity index (χ2n) is 4.37. The fraction of sp³-hybridized carbons (Fsp3) is 0. The molecule has 0 saturated carbocycles. The van der Waals surface area contributed by atoms with Crippen LogP contribution in [0.3, 0.4) is 0 Å². The van der Waals surface area contributed by atoms with Crippen molar-refractivity contribution in [3.05, 3.63) is 76.9 Å². The number of benzene rings is 2. The highest BCUT2D eigenvalue weighted by Crippen LogP contribution is 2.31. The van der Waals surface area contributed by atoms with E-state index in [0.717, 1.165) is 10.4 Å². The molecule has 0 bridgehead atoms. The van der Waals surface area contributed by atoms with Gasteiger partial charge in [0, 0.05) is 5.56 Å². The Hall–Kier alpha value is -2.77. The third-order valence-corrected chi connectivity index (χ3v) is 4.02. The molecule has 3 aromatic rings. The van der Waals surface area contributed by atoms with Crippen molar-refractivity contribution < 1.29 is 4.79 Å². The van der Waals surface area contributed by atoms with E-state index >= 15 is 0 Å². The van der Waals surface area contributed by atoms with Gasteiger partial charge in [-0.2, -0.15) is 5.26 Å². The molecule has 0 aliphatic carbocycles. The number of nitriles is 1. The summed E-state index contributed by atoms with van der Waals surface area (Å²) < 4.78 is 0. The van der Waals surface area contributed by atoms with Crippen LogP contribution in [-0.2, 0) is 0 Å². The molecule has 0 atom stereocenters. The fourth-order valence-corrected chi connectivity index (χ4v) is 2.90. The van der Waals surface area contributed by atoms with Gasteiger partial charge in [-0.1, -0.05) is 60.7 Å². The maximum absolute atomic E-state index is 12.6. The average Bonchev–Trinajstić information content (AvgIpc) is 3.00. The predicted octanol–water partition coefficient (Wildman–Crippen LogP) is 3.91. The zero-order valence-electron chi connectivity index (χ0n) is 11.0. The molecule has 0 radical (unpaired) electrons. The Balaban J connectivity index is 2.13. The van der Waals surface area contributed by atoms with Crippen LogP contribution in [0, 0.1) is 11.3 Å². The van der Waals surface area contributed by atoms with E-state index in [2.05, 4.69) is 4.98 Å². The first-order chi connectivity index (χ1) is 10.3. The summed E-state index contributed by atoms with van der Waals surface area (Å²) in [6.07, 6.45) is 0. The number of nitrogens with zero attached hydrogens (tertiary/aromatic N) is 2. The smallest absolute Gasteiger partial charge is 0.212 e. The number of hydrogen-bond acceptors (Lipinski definition) is 4. The monoisotopic (exact) mass is 290 g/mol. The van der Waals surface area contributed by atoms with Gasteiger partial charge in [0.25, 0.3) is 0 Å². The van der Waals surface area contributed by atoms with E-state index in [-0.39, 0.29) is 5.78 Å². The highest BCUT2D eigenvalue weighted by atomic mass is 32.1. The van der Waals surface area contributed by atoms with Gasteiger partial charge >= 0.3 is 0 Å². The van der Waals surface area contributed by atoms with Crippen LogP contribution in [0.15, 0.2) is 60.7 Å². The number of ketones is 1. The third kappa shape index (κ3) is 2.60. The lowest BCUT2D eigenvalue weighted by atomic mass is 10.0. The van der Waals surface area contributed by atoms with Gasteiger partial charge in [-0.3, -0.25) is 4.79 Å². The molecular weight excluding hydrogens is 280 g/mol. The van der Waals surface area contributed by atoms with E-state index in [9.17, 15) is 4.79 Å². The van der Waals surface area contributed by atoms with Crippen LogP contribution >= 0.6 is 11.3 Å². The fourth-order valence-electron chi connectivity index (χ4n) is 2.03. The van der Waals surface area contributed by atoms with Crippen LogP contribution in [0.25, 0.3) is 10.4 Å². The van der Waals surface area contributed by atoms with Crippen LogP contribution < -0.4 is 0 Å². The Morgan fingerprint density at radius 2 is 1.62 bits per heavy atom. The zero-order valence-corrected chi connectivity index (χ0v) is 11.8. The molecule has 3 rings (SSSR count). The molecule has 2 aromatic carbocycles. The van der Waals surface area contributed by atoms with Crippen molar-refractivity contribution in [2.24, 2.45) is 0 Å². The lowest BCUT2D eigenvalue weighted by Crippen LogP contribution is -2.03. The minimum Gasteiger partial charge on any atom is -0.287 e. The molecule has 0 spiro atoms. The van der Waals surface area contributed by atoms with Gasteiger partial charge < -0.3 is 0 Å². The Morgan fingerprint density at radius 3 is 2.24 bits per heavy atom. The van der Waals surface area contributed by atoms with Gasteiger partial charge in [0.1, 0.15) is 11.8 Å². The Labute approximate surface area is 126 Å². The molecule has 21 heavy (non-hydrogen) atoms. The average molecular weight is 290 g/mol. The summed E-state index contributed by atoms with van der Waals surface area (Å²) in [6.45, 7) is 0. The van der Waals surface area contributed by atoms with Gasteiger partial charge in [0.15, 0.2) is 5.01 Å². The topological polar surface area (TPSA) is 53.8 Å². The maximum atomic E-state index is 12.6. The van der Waals surface area contributed by atoms with E-state index in [1.807, 2.05) is 54.6 Å². The summed E-state index contributed by atoms with van der Waals surface area (Å²) in [7, 11) is 0. The summed E-state index contributed by atoms with van der Waals surface area (Å²) >= 11 is 1.24. The zero-order chi connectivity index (χ0) is 14.7. The molecule has 0 aliphatic heterocycles. The van der Waals surface area contributed by atoms with Crippen LogP contribution in [0.5, 0.6) is 0 Å². The minimum absolute atomic E-state index is 0.160. The first-order valence-electron chi connectivity index (χ1n) is 6.35. The SMILES string of the molecule is N#Cc1nc(C(=O)c2ccccc2)c(-c2ccccc2)s1. The highest BCUT2D eigenvalue weighted by Gasteiger charge is 2.20. The van der Waals surface area contributed by atoms with Gasteiger partial charge in [0.05, 0.1) is 4.88 Å². The summed E-state index contributed by atoms with van der Waals surface area (Å²) in [4.78, 5) is 17.5. The van der Waals surface area contributed by atoms with Gasteiger partial charge in [-0.25, -0.2) is 4.98 Å². The van der Waals surface area contributed by atoms with Gasteiger partial charge in [0.2, 0.25) is 5.78 Å². The maximum Gasteiger partial charge on any atom is 0.212 e. The molecule has 3 nitrogen and oxygen atoms in total. The Bertz CT molecular complexity index is 817. The van der Waals surface area contributed by atoms with E-state index < -0.39 is 0 Å². The second-order valence-corrected chi connectivity index (χ2v) is 5.37. The van der Waals surface area contributed by atoms with Crippen LogP contribution in [0.2, 0.25) is 0 Å². The molecular formula is C17H10N2OS. The van der Waals surface area contributed by atoms with Crippen molar-refractivity contribution in [3.8, 4) is 16.5 Å². The van der Waals surface area contributed by atoms with Crippen molar-refractivity contribution >= 4 is 17.1 Å². The van der Waals surface area contributed by atoms with Crippen molar-refractivity contribution in [2.45, 2.75) is 0 Å². The van der Waals surface area contributed by atoms with E-state index in [1.165, 1.54) is 11.3 Å². The normalized spacial score (nSPS) is 10.0. The Morgan fingerprint density at radius 1 is 1.00 bits per heavy atom. The van der Waals surface area contributed by atoms with E-state index in [1.54, 1.807) is 12.1 Å². The van der Waals surface area contributed by atoms with Crippen molar-refractivity contribution in [1.29, 1.82) is 5.26 Å². The lowest BCUT2D eigenvalue weighted by Gasteiger charge is -2.02. The van der Waals surface area contributed by atoms with E-state index in [0.29, 0.717) is 16.3 Å². The largest absolute Gasteiger partial charge is 0.287 e. The molecule has 0 saturated heterocycles. The number of rotatable bonds is 3.